The van der Waals surface area contributed by atoms with Gasteiger partial charge in [-0.1, -0.05) is 0 Å². The Hall–Kier alpha value is -1.69. The van der Waals surface area contributed by atoms with Gasteiger partial charge in [0.05, 0.1) is 12.6 Å². The molecule has 0 aromatic carbocycles. The molecule has 2 aliphatic rings. The molecule has 2 heterocycles. The number of carbonyl (C=O) groups excluding carboxylic acids is 1. The first-order chi connectivity index (χ1) is 8.79. The standard InChI is InChI=1S/C12H16N4O2/c1-18-9-3-2-8(6-9)16-10(17)7-15-11-12(16)14-5-4-13-11/h4-5,8-9H,2-3,6-7H2,1H3,(H,13,15)/t8-,9-/m0/s1. The summed E-state index contributed by atoms with van der Waals surface area (Å²) in [5, 5.41) is 2.99. The summed E-state index contributed by atoms with van der Waals surface area (Å²) in [6.07, 6.45) is 6.33. The molecule has 1 saturated carbocycles. The molecule has 0 spiro atoms. The minimum atomic E-state index is 0.0600. The van der Waals surface area contributed by atoms with Crippen molar-refractivity contribution in [1.29, 1.82) is 0 Å². The number of anilines is 2. The van der Waals surface area contributed by atoms with Gasteiger partial charge in [-0.05, 0) is 19.3 Å². The Bertz CT molecular complexity index is 465. The van der Waals surface area contributed by atoms with Gasteiger partial charge < -0.3 is 10.1 Å². The van der Waals surface area contributed by atoms with Crippen LogP contribution in [0, 0.1) is 0 Å². The number of amides is 1. The van der Waals surface area contributed by atoms with Crippen LogP contribution in [0.5, 0.6) is 0 Å². The highest BCUT2D eigenvalue weighted by atomic mass is 16.5. The van der Waals surface area contributed by atoms with E-state index in [0.29, 0.717) is 18.2 Å². The molecule has 0 saturated heterocycles. The summed E-state index contributed by atoms with van der Waals surface area (Å²) in [7, 11) is 1.72. The number of nitrogens with zero attached hydrogens (tertiary/aromatic N) is 3. The lowest BCUT2D eigenvalue weighted by molar-refractivity contribution is -0.117. The highest BCUT2D eigenvalue weighted by molar-refractivity contribution is 6.01. The summed E-state index contributed by atoms with van der Waals surface area (Å²) in [5.41, 5.74) is 0. The van der Waals surface area contributed by atoms with Gasteiger partial charge in [-0.25, -0.2) is 9.97 Å². The molecule has 18 heavy (non-hydrogen) atoms. The van der Waals surface area contributed by atoms with E-state index in [1.54, 1.807) is 24.4 Å². The number of aromatic nitrogens is 2. The molecule has 6 heteroatoms. The Labute approximate surface area is 105 Å². The fraction of sp³-hybridized carbons (Fsp3) is 0.583. The number of fused-ring (bicyclic) bond motifs is 1. The highest BCUT2D eigenvalue weighted by Crippen LogP contribution is 2.33. The Morgan fingerprint density at radius 2 is 2.22 bits per heavy atom. The fourth-order valence-corrected chi connectivity index (χ4v) is 2.74. The quantitative estimate of drug-likeness (QED) is 0.838. The van der Waals surface area contributed by atoms with Gasteiger partial charge in [-0.2, -0.15) is 0 Å². The first kappa shape index (κ1) is 11.4. The zero-order valence-electron chi connectivity index (χ0n) is 10.3. The molecule has 1 aliphatic heterocycles. The van der Waals surface area contributed by atoms with E-state index in [4.69, 9.17) is 4.74 Å². The number of carbonyl (C=O) groups is 1. The van der Waals surface area contributed by atoms with Crippen molar-refractivity contribution >= 4 is 17.5 Å². The van der Waals surface area contributed by atoms with Crippen LogP contribution < -0.4 is 10.2 Å². The van der Waals surface area contributed by atoms with Crippen LogP contribution in [0.25, 0.3) is 0 Å². The number of nitrogens with one attached hydrogen (secondary N) is 1. The Balaban J connectivity index is 1.89. The first-order valence-corrected chi connectivity index (χ1v) is 6.19. The number of rotatable bonds is 2. The topological polar surface area (TPSA) is 67.3 Å². The molecule has 1 aromatic heterocycles. The number of methoxy groups -OCH3 is 1. The van der Waals surface area contributed by atoms with E-state index >= 15 is 0 Å². The summed E-state index contributed by atoms with van der Waals surface area (Å²) < 4.78 is 5.37. The zero-order chi connectivity index (χ0) is 12.5. The van der Waals surface area contributed by atoms with Crippen molar-refractivity contribution in [1.82, 2.24) is 9.97 Å². The van der Waals surface area contributed by atoms with E-state index in [1.807, 2.05) is 0 Å². The van der Waals surface area contributed by atoms with Gasteiger partial charge in [0, 0.05) is 25.5 Å². The second-order valence-corrected chi connectivity index (χ2v) is 4.67. The number of ether oxygens (including phenoxy) is 1. The van der Waals surface area contributed by atoms with E-state index in [2.05, 4.69) is 15.3 Å². The largest absolute Gasteiger partial charge is 0.381 e. The third-order valence-electron chi connectivity index (χ3n) is 3.64. The van der Waals surface area contributed by atoms with Crippen LogP contribution in [0.4, 0.5) is 11.6 Å². The maximum absolute atomic E-state index is 12.1. The molecule has 1 fully saturated rings. The van der Waals surface area contributed by atoms with Gasteiger partial charge in [0.1, 0.15) is 0 Å². The van der Waals surface area contributed by atoms with Crippen LogP contribution in [0.3, 0.4) is 0 Å². The van der Waals surface area contributed by atoms with Crippen molar-refractivity contribution in [3.63, 3.8) is 0 Å². The van der Waals surface area contributed by atoms with Gasteiger partial charge >= 0.3 is 0 Å². The van der Waals surface area contributed by atoms with Crippen molar-refractivity contribution in [2.75, 3.05) is 23.9 Å². The molecule has 1 aliphatic carbocycles. The van der Waals surface area contributed by atoms with Gasteiger partial charge in [0.15, 0.2) is 11.6 Å². The second kappa shape index (κ2) is 4.53. The lowest BCUT2D eigenvalue weighted by Gasteiger charge is -2.32. The molecule has 0 bridgehead atoms. The molecule has 1 amide bonds. The van der Waals surface area contributed by atoms with E-state index in [0.717, 1.165) is 19.3 Å². The molecule has 0 unspecified atom stereocenters. The van der Waals surface area contributed by atoms with Crippen molar-refractivity contribution in [2.24, 2.45) is 0 Å². The van der Waals surface area contributed by atoms with Crippen LogP contribution in [0.15, 0.2) is 12.4 Å². The first-order valence-electron chi connectivity index (χ1n) is 6.19. The zero-order valence-corrected chi connectivity index (χ0v) is 10.3. The minimum Gasteiger partial charge on any atom is -0.381 e. The Morgan fingerprint density at radius 1 is 1.39 bits per heavy atom. The van der Waals surface area contributed by atoms with Gasteiger partial charge in [0.25, 0.3) is 0 Å². The van der Waals surface area contributed by atoms with Crippen LogP contribution in [-0.2, 0) is 9.53 Å². The Morgan fingerprint density at radius 3 is 3.00 bits per heavy atom. The van der Waals surface area contributed by atoms with Crippen LogP contribution in [0.2, 0.25) is 0 Å². The Kier molecular flexibility index (Phi) is 2.87. The van der Waals surface area contributed by atoms with Gasteiger partial charge in [-0.15, -0.1) is 0 Å². The summed E-state index contributed by atoms with van der Waals surface area (Å²) in [6.45, 7) is 0.292. The van der Waals surface area contributed by atoms with E-state index in [1.165, 1.54) is 0 Å². The van der Waals surface area contributed by atoms with Crippen LogP contribution in [0.1, 0.15) is 19.3 Å². The van der Waals surface area contributed by atoms with Gasteiger partial charge in [0.2, 0.25) is 5.91 Å². The van der Waals surface area contributed by atoms with E-state index in [-0.39, 0.29) is 18.1 Å². The third-order valence-corrected chi connectivity index (χ3v) is 3.64. The molecular formula is C12H16N4O2. The summed E-state index contributed by atoms with van der Waals surface area (Å²) in [5.74, 6) is 1.40. The molecule has 1 aromatic rings. The van der Waals surface area contributed by atoms with Crippen LogP contribution >= 0.6 is 0 Å². The SMILES string of the molecule is CO[C@H]1CC[C@H](N2C(=O)CNc3nccnc32)C1. The highest BCUT2D eigenvalue weighted by Gasteiger charge is 2.36. The maximum atomic E-state index is 12.1. The lowest BCUT2D eigenvalue weighted by atomic mass is 10.2. The van der Waals surface area contributed by atoms with Crippen molar-refractivity contribution in [2.45, 2.75) is 31.4 Å². The lowest BCUT2D eigenvalue weighted by Crippen LogP contribution is -2.46. The van der Waals surface area contributed by atoms with Gasteiger partial charge in [-0.3, -0.25) is 9.69 Å². The summed E-state index contributed by atoms with van der Waals surface area (Å²) in [4.78, 5) is 22.4. The third kappa shape index (κ3) is 1.82. The van der Waals surface area contributed by atoms with E-state index < -0.39 is 0 Å². The smallest absolute Gasteiger partial charge is 0.247 e. The molecule has 96 valence electrons. The normalized spacial score (nSPS) is 26.9. The van der Waals surface area contributed by atoms with Crippen LogP contribution in [-0.4, -0.2) is 41.7 Å². The number of hydrogen-bond donors (Lipinski definition) is 1. The van der Waals surface area contributed by atoms with E-state index in [9.17, 15) is 4.79 Å². The maximum Gasteiger partial charge on any atom is 0.247 e. The fourth-order valence-electron chi connectivity index (χ4n) is 2.74. The summed E-state index contributed by atoms with van der Waals surface area (Å²) in [6, 6.07) is 0.181. The molecule has 0 radical (unpaired) electrons. The molecule has 6 nitrogen and oxygen atoms in total. The summed E-state index contributed by atoms with van der Waals surface area (Å²) >= 11 is 0. The molecule has 2 atom stereocenters. The average molecular weight is 248 g/mol. The van der Waals surface area contributed by atoms with Crippen molar-refractivity contribution < 1.29 is 9.53 Å². The van der Waals surface area contributed by atoms with Crippen molar-refractivity contribution in [3.8, 4) is 0 Å². The predicted molar refractivity (Wildman–Crippen MR) is 66.4 cm³/mol. The number of hydrogen-bond acceptors (Lipinski definition) is 5. The average Bonchev–Trinajstić information content (AvgIpc) is 2.87. The molecular weight excluding hydrogens is 232 g/mol. The van der Waals surface area contributed by atoms with Crippen molar-refractivity contribution in [3.05, 3.63) is 12.4 Å². The molecule has 3 rings (SSSR count). The minimum absolute atomic E-state index is 0.0600. The monoisotopic (exact) mass is 248 g/mol. The predicted octanol–water partition coefficient (Wildman–Crippen LogP) is 0.803. The molecule has 1 N–H and O–H groups in total. The second-order valence-electron chi connectivity index (χ2n) is 4.67.